The summed E-state index contributed by atoms with van der Waals surface area (Å²) in [6.07, 6.45) is 1.61. The van der Waals surface area contributed by atoms with Gasteiger partial charge in [0.25, 0.3) is 0 Å². The second kappa shape index (κ2) is 4.99. The minimum atomic E-state index is -0.0538. The fraction of sp³-hybridized carbons (Fsp3) is 0.125. The van der Waals surface area contributed by atoms with Crippen LogP contribution < -0.4 is 5.69 Å². The Balaban J connectivity index is 1.76. The smallest absolute Gasteiger partial charge is 0.329 e. The van der Waals surface area contributed by atoms with Crippen molar-refractivity contribution < 1.29 is 4.42 Å². The largest absolute Gasteiger partial charge is 0.443 e. The first-order valence-corrected chi connectivity index (χ1v) is 7.74. The molecule has 0 saturated carbocycles. The Labute approximate surface area is 130 Å². The van der Waals surface area contributed by atoms with E-state index < -0.39 is 0 Å². The van der Waals surface area contributed by atoms with Gasteiger partial charge in [0.05, 0.1) is 28.1 Å². The number of thiophene rings is 1. The van der Waals surface area contributed by atoms with Gasteiger partial charge in [0.2, 0.25) is 5.89 Å². The summed E-state index contributed by atoms with van der Waals surface area (Å²) in [4.78, 5) is 17.9. The van der Waals surface area contributed by atoms with Crippen LogP contribution >= 0.6 is 11.3 Å². The predicted octanol–water partition coefficient (Wildman–Crippen LogP) is 3.10. The van der Waals surface area contributed by atoms with Gasteiger partial charge in [-0.05, 0) is 23.6 Å². The third kappa shape index (κ3) is 2.00. The summed E-state index contributed by atoms with van der Waals surface area (Å²) >= 11 is 1.58. The van der Waals surface area contributed by atoms with Crippen LogP contribution in [0.1, 0.15) is 5.69 Å². The van der Waals surface area contributed by atoms with Crippen LogP contribution in [0.2, 0.25) is 0 Å². The van der Waals surface area contributed by atoms with E-state index in [9.17, 15) is 4.79 Å². The number of hydrogen-bond acceptors (Lipinski definition) is 4. The van der Waals surface area contributed by atoms with Gasteiger partial charge in [-0.15, -0.1) is 11.3 Å². The first kappa shape index (κ1) is 13.1. The zero-order chi connectivity index (χ0) is 15.1. The van der Waals surface area contributed by atoms with Gasteiger partial charge < -0.3 is 4.42 Å². The van der Waals surface area contributed by atoms with Crippen LogP contribution in [0.25, 0.3) is 21.8 Å². The quantitative estimate of drug-likeness (QED) is 0.584. The molecule has 0 spiro atoms. The third-order valence-electron chi connectivity index (χ3n) is 3.66. The van der Waals surface area contributed by atoms with Crippen LogP contribution in [-0.4, -0.2) is 14.1 Å². The Morgan fingerprint density at radius 2 is 2.00 bits per heavy atom. The molecule has 0 aliphatic carbocycles. The van der Waals surface area contributed by atoms with E-state index >= 15 is 0 Å². The summed E-state index contributed by atoms with van der Waals surface area (Å²) in [6.45, 7) is 0.398. The maximum absolute atomic E-state index is 12.4. The van der Waals surface area contributed by atoms with Gasteiger partial charge in [0, 0.05) is 7.05 Å². The van der Waals surface area contributed by atoms with Crippen molar-refractivity contribution in [2.45, 2.75) is 6.54 Å². The van der Waals surface area contributed by atoms with Crippen LogP contribution in [0, 0.1) is 0 Å². The lowest BCUT2D eigenvalue weighted by Gasteiger charge is -1.99. The number of nitrogens with zero attached hydrogens (tertiary/aromatic N) is 3. The molecule has 0 N–H and O–H groups in total. The van der Waals surface area contributed by atoms with Gasteiger partial charge in [-0.3, -0.25) is 9.13 Å². The molecule has 0 aliphatic rings. The van der Waals surface area contributed by atoms with Gasteiger partial charge in [0.1, 0.15) is 6.26 Å². The summed E-state index contributed by atoms with van der Waals surface area (Å²) in [6, 6.07) is 11.7. The molecule has 3 heterocycles. The Hall–Kier alpha value is -2.60. The molecular weight excluding hydrogens is 298 g/mol. The van der Waals surface area contributed by atoms with E-state index in [0.29, 0.717) is 12.4 Å². The zero-order valence-corrected chi connectivity index (χ0v) is 12.7. The molecule has 5 nitrogen and oxygen atoms in total. The summed E-state index contributed by atoms with van der Waals surface area (Å²) in [5.41, 5.74) is 2.49. The molecule has 1 aromatic carbocycles. The van der Waals surface area contributed by atoms with E-state index in [1.54, 1.807) is 33.8 Å². The fourth-order valence-corrected chi connectivity index (χ4v) is 3.23. The van der Waals surface area contributed by atoms with Crippen LogP contribution in [0.5, 0.6) is 0 Å². The highest BCUT2D eigenvalue weighted by atomic mass is 32.1. The minimum absolute atomic E-state index is 0.0538. The Bertz CT molecular complexity index is 992. The first-order valence-electron chi connectivity index (χ1n) is 6.86. The van der Waals surface area contributed by atoms with Crippen molar-refractivity contribution in [1.82, 2.24) is 14.1 Å². The fourth-order valence-electron chi connectivity index (χ4n) is 2.57. The van der Waals surface area contributed by atoms with Crippen molar-refractivity contribution in [3.8, 4) is 10.8 Å². The molecule has 110 valence electrons. The van der Waals surface area contributed by atoms with E-state index in [1.165, 1.54) is 0 Å². The molecule has 6 heteroatoms. The van der Waals surface area contributed by atoms with E-state index in [2.05, 4.69) is 4.98 Å². The molecule has 0 radical (unpaired) electrons. The standard InChI is InChI=1S/C16H13N3O2S/c1-18-12-5-2-3-6-13(12)19(16(18)20)9-11-10-21-15(17-11)14-7-4-8-22-14/h2-8,10H,9H2,1H3. The normalized spacial score (nSPS) is 11.3. The summed E-state index contributed by atoms with van der Waals surface area (Å²) in [5.74, 6) is 0.596. The number of hydrogen-bond donors (Lipinski definition) is 0. The van der Waals surface area contributed by atoms with Gasteiger partial charge in [-0.2, -0.15) is 0 Å². The number of rotatable bonds is 3. The molecule has 0 bridgehead atoms. The van der Waals surface area contributed by atoms with Crippen LogP contribution in [-0.2, 0) is 13.6 Å². The molecular formula is C16H13N3O2S. The maximum Gasteiger partial charge on any atom is 0.329 e. The summed E-state index contributed by atoms with van der Waals surface area (Å²) < 4.78 is 8.88. The van der Waals surface area contributed by atoms with E-state index in [-0.39, 0.29) is 5.69 Å². The average Bonchev–Trinajstić information content (AvgIpc) is 3.25. The van der Waals surface area contributed by atoms with Crippen molar-refractivity contribution >= 4 is 22.4 Å². The second-order valence-electron chi connectivity index (χ2n) is 5.04. The summed E-state index contributed by atoms with van der Waals surface area (Å²) in [7, 11) is 1.78. The number of benzene rings is 1. The molecule has 0 fully saturated rings. The van der Waals surface area contributed by atoms with Crippen LogP contribution in [0.4, 0.5) is 0 Å². The second-order valence-corrected chi connectivity index (χ2v) is 5.99. The molecule has 0 saturated heterocycles. The number of aryl methyl sites for hydroxylation is 1. The average molecular weight is 311 g/mol. The van der Waals surface area contributed by atoms with Crippen LogP contribution in [0.15, 0.2) is 57.3 Å². The lowest BCUT2D eigenvalue weighted by atomic mass is 10.3. The highest BCUT2D eigenvalue weighted by Gasteiger charge is 2.13. The number of aromatic nitrogens is 3. The van der Waals surface area contributed by atoms with Crippen molar-refractivity contribution in [2.24, 2.45) is 7.05 Å². The van der Waals surface area contributed by atoms with Gasteiger partial charge >= 0.3 is 5.69 Å². The molecule has 22 heavy (non-hydrogen) atoms. The zero-order valence-electron chi connectivity index (χ0n) is 11.9. The third-order valence-corrected chi connectivity index (χ3v) is 4.51. The lowest BCUT2D eigenvalue weighted by Crippen LogP contribution is -2.22. The number of para-hydroxylation sites is 2. The molecule has 0 amide bonds. The number of oxazole rings is 1. The Morgan fingerprint density at radius 3 is 2.77 bits per heavy atom. The SMILES string of the molecule is Cn1c(=O)n(Cc2coc(-c3cccs3)n2)c2ccccc21. The number of imidazole rings is 1. The molecule has 0 aliphatic heterocycles. The van der Waals surface area contributed by atoms with Crippen molar-refractivity contribution in [3.05, 3.63) is 64.2 Å². The highest BCUT2D eigenvalue weighted by molar-refractivity contribution is 7.13. The van der Waals surface area contributed by atoms with Crippen molar-refractivity contribution in [3.63, 3.8) is 0 Å². The maximum atomic E-state index is 12.4. The van der Waals surface area contributed by atoms with E-state index in [1.807, 2.05) is 41.8 Å². The molecule has 4 aromatic rings. The van der Waals surface area contributed by atoms with Crippen LogP contribution in [0.3, 0.4) is 0 Å². The van der Waals surface area contributed by atoms with Crippen molar-refractivity contribution in [1.29, 1.82) is 0 Å². The molecule has 4 rings (SSSR count). The van der Waals surface area contributed by atoms with E-state index in [0.717, 1.165) is 21.6 Å². The lowest BCUT2D eigenvalue weighted by molar-refractivity contribution is 0.572. The van der Waals surface area contributed by atoms with Gasteiger partial charge in [-0.1, -0.05) is 18.2 Å². The minimum Gasteiger partial charge on any atom is -0.443 e. The predicted molar refractivity (Wildman–Crippen MR) is 86.1 cm³/mol. The highest BCUT2D eigenvalue weighted by Crippen LogP contribution is 2.24. The Morgan fingerprint density at radius 1 is 1.18 bits per heavy atom. The van der Waals surface area contributed by atoms with Crippen molar-refractivity contribution in [2.75, 3.05) is 0 Å². The monoisotopic (exact) mass is 311 g/mol. The molecule has 0 atom stereocenters. The number of fused-ring (bicyclic) bond motifs is 1. The van der Waals surface area contributed by atoms with Gasteiger partial charge in [-0.25, -0.2) is 9.78 Å². The topological polar surface area (TPSA) is 53.0 Å². The van der Waals surface area contributed by atoms with E-state index in [4.69, 9.17) is 4.42 Å². The first-order chi connectivity index (χ1) is 10.7. The van der Waals surface area contributed by atoms with Gasteiger partial charge in [0.15, 0.2) is 0 Å². The summed E-state index contributed by atoms with van der Waals surface area (Å²) in [5, 5.41) is 1.98. The molecule has 0 unspecified atom stereocenters. The molecule has 3 aromatic heterocycles. The Kier molecular flexibility index (Phi) is 2.97.